The number of carbonyl (C=O) groups is 1. The van der Waals surface area contributed by atoms with Crippen LogP contribution in [0.4, 0.5) is 5.69 Å². The smallest absolute Gasteiger partial charge is 0.266 e. The maximum absolute atomic E-state index is 13.0. The molecule has 0 aliphatic heterocycles. The van der Waals surface area contributed by atoms with Gasteiger partial charge in [-0.25, -0.2) is 0 Å². The van der Waals surface area contributed by atoms with Gasteiger partial charge in [0.05, 0.1) is 23.8 Å². The van der Waals surface area contributed by atoms with Gasteiger partial charge in [0.1, 0.15) is 11.5 Å². The van der Waals surface area contributed by atoms with Crippen molar-refractivity contribution in [2.24, 2.45) is 0 Å². The second-order valence-corrected chi connectivity index (χ2v) is 6.92. The summed E-state index contributed by atoms with van der Waals surface area (Å²) in [5.74, 6) is 1.17. The zero-order chi connectivity index (χ0) is 19.2. The zero-order valence-corrected chi connectivity index (χ0v) is 16.6. The van der Waals surface area contributed by atoms with Crippen LogP contribution in [0.5, 0.6) is 11.5 Å². The lowest BCUT2D eigenvalue weighted by Crippen LogP contribution is -2.12. The van der Waals surface area contributed by atoms with Crippen LogP contribution in [0.2, 0.25) is 0 Å². The molecule has 0 bridgehead atoms. The number of thiophene rings is 1. The number of rotatable bonds is 7. The molecule has 0 atom stereocenters. The topological polar surface area (TPSA) is 47.6 Å². The molecule has 4 nitrogen and oxygen atoms in total. The molecule has 2 aromatic carbocycles. The highest BCUT2D eigenvalue weighted by Crippen LogP contribution is 2.33. The predicted octanol–water partition coefficient (Wildman–Crippen LogP) is 5.77. The van der Waals surface area contributed by atoms with Crippen molar-refractivity contribution < 1.29 is 14.3 Å². The molecule has 1 amide bonds. The Kier molecular flexibility index (Phi) is 6.14. The molecule has 140 valence electrons. The van der Waals surface area contributed by atoms with Crippen LogP contribution < -0.4 is 14.8 Å². The highest BCUT2D eigenvalue weighted by molar-refractivity contribution is 7.12. The highest BCUT2D eigenvalue weighted by atomic mass is 32.1. The van der Waals surface area contributed by atoms with Gasteiger partial charge in [-0.1, -0.05) is 29.8 Å². The van der Waals surface area contributed by atoms with Gasteiger partial charge in [0.2, 0.25) is 0 Å². The van der Waals surface area contributed by atoms with Crippen LogP contribution in [0.3, 0.4) is 0 Å². The van der Waals surface area contributed by atoms with E-state index in [4.69, 9.17) is 9.47 Å². The van der Waals surface area contributed by atoms with E-state index in [0.29, 0.717) is 35.3 Å². The third-order valence-electron chi connectivity index (χ3n) is 4.04. The van der Waals surface area contributed by atoms with Gasteiger partial charge in [0, 0.05) is 11.6 Å². The molecule has 0 radical (unpaired) electrons. The predicted molar refractivity (Wildman–Crippen MR) is 111 cm³/mol. The zero-order valence-electron chi connectivity index (χ0n) is 15.7. The molecule has 0 spiro atoms. The second kappa shape index (κ2) is 8.73. The van der Waals surface area contributed by atoms with Gasteiger partial charge >= 0.3 is 0 Å². The van der Waals surface area contributed by atoms with E-state index in [2.05, 4.69) is 5.32 Å². The van der Waals surface area contributed by atoms with Gasteiger partial charge in [-0.2, -0.15) is 0 Å². The molecule has 0 saturated heterocycles. The molecule has 5 heteroatoms. The summed E-state index contributed by atoms with van der Waals surface area (Å²) in [7, 11) is 0. The summed E-state index contributed by atoms with van der Waals surface area (Å²) < 4.78 is 11.2. The van der Waals surface area contributed by atoms with Crippen molar-refractivity contribution in [3.05, 3.63) is 64.4 Å². The van der Waals surface area contributed by atoms with Gasteiger partial charge in [-0.3, -0.25) is 4.79 Å². The summed E-state index contributed by atoms with van der Waals surface area (Å²) in [5.41, 5.74) is 3.75. The number of amides is 1. The normalized spacial score (nSPS) is 10.5. The van der Waals surface area contributed by atoms with E-state index >= 15 is 0 Å². The molecule has 1 heterocycles. The lowest BCUT2D eigenvalue weighted by molar-refractivity contribution is 0.103. The molecule has 0 aliphatic carbocycles. The number of carbonyl (C=O) groups excluding carboxylic acids is 1. The van der Waals surface area contributed by atoms with E-state index in [1.165, 1.54) is 16.9 Å². The third kappa shape index (κ3) is 4.49. The summed E-state index contributed by atoms with van der Waals surface area (Å²) in [6.07, 6.45) is 0. The molecule has 1 N–H and O–H groups in total. The minimum absolute atomic E-state index is 0.157. The van der Waals surface area contributed by atoms with Crippen LogP contribution in [0.15, 0.2) is 53.9 Å². The van der Waals surface area contributed by atoms with Crippen molar-refractivity contribution in [3.63, 3.8) is 0 Å². The minimum atomic E-state index is -0.157. The minimum Gasteiger partial charge on any atom is -0.494 e. The van der Waals surface area contributed by atoms with Gasteiger partial charge < -0.3 is 14.8 Å². The number of nitrogens with one attached hydrogen (secondary N) is 1. The second-order valence-electron chi connectivity index (χ2n) is 6.01. The summed E-state index contributed by atoms with van der Waals surface area (Å²) in [4.78, 5) is 13.6. The summed E-state index contributed by atoms with van der Waals surface area (Å²) >= 11 is 1.43. The van der Waals surface area contributed by atoms with Crippen molar-refractivity contribution in [2.45, 2.75) is 20.8 Å². The van der Waals surface area contributed by atoms with E-state index in [1.54, 1.807) is 6.07 Å². The quantitative estimate of drug-likeness (QED) is 0.565. The van der Waals surface area contributed by atoms with Crippen molar-refractivity contribution in [3.8, 4) is 22.6 Å². The molecular formula is C22H23NO3S. The Bertz CT molecular complexity index is 916. The number of ether oxygens (including phenoxy) is 2. The summed E-state index contributed by atoms with van der Waals surface area (Å²) in [6.45, 7) is 6.96. The first-order valence-corrected chi connectivity index (χ1v) is 9.85. The first-order chi connectivity index (χ1) is 13.1. The average Bonchev–Trinajstić information content (AvgIpc) is 3.15. The van der Waals surface area contributed by atoms with Crippen molar-refractivity contribution in [1.82, 2.24) is 0 Å². The van der Waals surface area contributed by atoms with Crippen LogP contribution in [0, 0.1) is 6.92 Å². The van der Waals surface area contributed by atoms with E-state index < -0.39 is 0 Å². The maximum atomic E-state index is 13.0. The lowest BCUT2D eigenvalue weighted by Gasteiger charge is -2.14. The van der Waals surface area contributed by atoms with Gasteiger partial charge in [0.15, 0.2) is 0 Å². The molecule has 27 heavy (non-hydrogen) atoms. The number of hydrogen-bond donors (Lipinski definition) is 1. The molecule has 0 unspecified atom stereocenters. The van der Waals surface area contributed by atoms with E-state index in [9.17, 15) is 4.79 Å². The largest absolute Gasteiger partial charge is 0.494 e. The fourth-order valence-corrected chi connectivity index (χ4v) is 3.58. The van der Waals surface area contributed by atoms with E-state index in [-0.39, 0.29) is 5.91 Å². The summed E-state index contributed by atoms with van der Waals surface area (Å²) in [6, 6.07) is 15.6. The molecule has 3 rings (SSSR count). The fraction of sp³-hybridized carbons (Fsp3) is 0.227. The van der Waals surface area contributed by atoms with Crippen molar-refractivity contribution in [2.75, 3.05) is 18.5 Å². The Morgan fingerprint density at radius 1 is 1.00 bits per heavy atom. The van der Waals surface area contributed by atoms with Crippen LogP contribution >= 0.6 is 11.3 Å². The molecule has 3 aromatic rings. The van der Waals surface area contributed by atoms with Gasteiger partial charge in [0.25, 0.3) is 5.91 Å². The number of anilines is 1. The van der Waals surface area contributed by atoms with Crippen LogP contribution in [-0.4, -0.2) is 19.1 Å². The molecule has 0 aliphatic rings. The van der Waals surface area contributed by atoms with Gasteiger partial charge in [-0.05, 0) is 49.9 Å². The van der Waals surface area contributed by atoms with Crippen LogP contribution in [0.1, 0.15) is 29.1 Å². The van der Waals surface area contributed by atoms with E-state index in [0.717, 1.165) is 11.1 Å². The SMILES string of the molecule is CCOc1ccc(OCC)c(NC(=O)c2sccc2-c2ccc(C)cc2)c1. The number of aryl methyl sites for hydroxylation is 1. The Hall–Kier alpha value is -2.79. The Morgan fingerprint density at radius 2 is 1.74 bits per heavy atom. The lowest BCUT2D eigenvalue weighted by atomic mass is 10.0. The van der Waals surface area contributed by atoms with E-state index in [1.807, 2.05) is 68.6 Å². The fourth-order valence-electron chi connectivity index (χ4n) is 2.77. The Morgan fingerprint density at radius 3 is 2.44 bits per heavy atom. The molecule has 0 saturated carbocycles. The molecule has 1 aromatic heterocycles. The highest BCUT2D eigenvalue weighted by Gasteiger charge is 2.17. The average molecular weight is 381 g/mol. The van der Waals surface area contributed by atoms with Crippen LogP contribution in [0.25, 0.3) is 11.1 Å². The molecule has 0 fully saturated rings. The standard InChI is InChI=1S/C22H23NO3S/c1-4-25-17-10-11-20(26-5-2)19(14-17)23-22(24)21-18(12-13-27-21)16-8-6-15(3)7-9-16/h6-14H,4-5H2,1-3H3,(H,23,24). The van der Waals surface area contributed by atoms with Gasteiger partial charge in [-0.15, -0.1) is 11.3 Å². The van der Waals surface area contributed by atoms with Crippen molar-refractivity contribution >= 4 is 22.9 Å². The first-order valence-electron chi connectivity index (χ1n) is 8.98. The summed E-state index contributed by atoms with van der Waals surface area (Å²) in [5, 5.41) is 4.92. The maximum Gasteiger partial charge on any atom is 0.266 e. The number of benzene rings is 2. The Balaban J connectivity index is 1.89. The van der Waals surface area contributed by atoms with Crippen LogP contribution in [-0.2, 0) is 0 Å². The number of hydrogen-bond acceptors (Lipinski definition) is 4. The molecular weight excluding hydrogens is 358 g/mol. The first kappa shape index (κ1) is 19.0. The third-order valence-corrected chi connectivity index (χ3v) is 4.96. The van der Waals surface area contributed by atoms with Crippen molar-refractivity contribution in [1.29, 1.82) is 0 Å². The monoisotopic (exact) mass is 381 g/mol. The Labute approximate surface area is 163 Å².